The molecule has 2 heterocycles. The van der Waals surface area contributed by atoms with Crippen LogP contribution in [0.25, 0.3) is 0 Å². The average molecular weight is 334 g/mol. The van der Waals surface area contributed by atoms with Crippen LogP contribution in [0.3, 0.4) is 0 Å². The van der Waals surface area contributed by atoms with Gasteiger partial charge >= 0.3 is 0 Å². The summed E-state index contributed by atoms with van der Waals surface area (Å²) < 4.78 is 26.9. The first-order chi connectivity index (χ1) is 8.39. The average Bonchev–Trinajstić information content (AvgIpc) is 2.74. The first-order valence-corrected chi connectivity index (χ1v) is 7.93. The minimum atomic E-state index is -3.53. The molecule has 1 aliphatic heterocycles. The zero-order valence-corrected chi connectivity index (χ0v) is 12.5. The van der Waals surface area contributed by atoms with Crippen molar-refractivity contribution in [2.75, 3.05) is 19.6 Å². The number of aromatic nitrogens is 1. The predicted octanol–water partition coefficient (Wildman–Crippen LogP) is 1.20. The van der Waals surface area contributed by atoms with E-state index in [0.29, 0.717) is 24.1 Å². The number of hydrogen-bond acceptors (Lipinski definition) is 4. The smallest absolute Gasteiger partial charge is 0.261 e. The van der Waals surface area contributed by atoms with E-state index in [2.05, 4.69) is 20.9 Å². The molecule has 1 unspecified atom stereocenters. The highest BCUT2D eigenvalue weighted by atomic mass is 79.9. The van der Waals surface area contributed by atoms with Crippen LogP contribution < -0.4 is 5.73 Å². The lowest BCUT2D eigenvalue weighted by molar-refractivity contribution is 0.349. The van der Waals surface area contributed by atoms with Crippen molar-refractivity contribution in [2.24, 2.45) is 11.1 Å². The van der Waals surface area contributed by atoms with Crippen LogP contribution in [-0.2, 0) is 10.0 Å². The van der Waals surface area contributed by atoms with Crippen molar-refractivity contribution in [2.45, 2.75) is 18.4 Å². The molecule has 0 aliphatic carbocycles. The van der Waals surface area contributed by atoms with Crippen LogP contribution in [0, 0.1) is 5.41 Å². The highest BCUT2D eigenvalue weighted by Crippen LogP contribution is 2.33. The molecule has 2 N–H and O–H groups in total. The van der Waals surface area contributed by atoms with Gasteiger partial charge in [0.15, 0.2) is 5.03 Å². The number of hydrogen-bond donors (Lipinski definition) is 1. The lowest BCUT2D eigenvalue weighted by Gasteiger charge is -2.22. The van der Waals surface area contributed by atoms with Crippen molar-refractivity contribution in [1.29, 1.82) is 0 Å². The summed E-state index contributed by atoms with van der Waals surface area (Å²) >= 11 is 3.23. The van der Waals surface area contributed by atoms with Crippen molar-refractivity contribution in [1.82, 2.24) is 9.29 Å². The third-order valence-corrected chi connectivity index (χ3v) is 6.03. The molecular weight excluding hydrogens is 318 g/mol. The predicted molar refractivity (Wildman–Crippen MR) is 72.5 cm³/mol. The Labute approximate surface area is 116 Å². The summed E-state index contributed by atoms with van der Waals surface area (Å²) in [5.41, 5.74) is 5.57. The van der Waals surface area contributed by atoms with Crippen LogP contribution in [0.4, 0.5) is 0 Å². The molecule has 7 heteroatoms. The van der Waals surface area contributed by atoms with E-state index >= 15 is 0 Å². The van der Waals surface area contributed by atoms with Gasteiger partial charge in [-0.2, -0.15) is 4.31 Å². The molecule has 5 nitrogen and oxygen atoms in total. The first-order valence-electron chi connectivity index (χ1n) is 5.70. The van der Waals surface area contributed by atoms with Gasteiger partial charge in [-0.3, -0.25) is 0 Å². The summed E-state index contributed by atoms with van der Waals surface area (Å²) in [6, 6.07) is 3.37. The molecular formula is C11H16BrN3O2S. The molecule has 0 spiro atoms. The molecule has 1 fully saturated rings. The summed E-state index contributed by atoms with van der Waals surface area (Å²) in [5.74, 6) is 0. The second-order valence-corrected chi connectivity index (χ2v) is 7.60. The number of nitrogens with zero attached hydrogens (tertiary/aromatic N) is 2. The Balaban J connectivity index is 2.32. The summed E-state index contributed by atoms with van der Waals surface area (Å²) in [7, 11) is -3.53. The first kappa shape index (κ1) is 13.9. The largest absolute Gasteiger partial charge is 0.330 e. The Morgan fingerprint density at radius 1 is 1.61 bits per heavy atom. The molecule has 18 heavy (non-hydrogen) atoms. The van der Waals surface area contributed by atoms with Crippen molar-refractivity contribution >= 4 is 26.0 Å². The van der Waals surface area contributed by atoms with E-state index < -0.39 is 10.0 Å². The van der Waals surface area contributed by atoms with Crippen LogP contribution >= 0.6 is 15.9 Å². The molecule has 0 bridgehead atoms. The molecule has 100 valence electrons. The van der Waals surface area contributed by atoms with Crippen molar-refractivity contribution < 1.29 is 8.42 Å². The van der Waals surface area contributed by atoms with E-state index in [4.69, 9.17) is 5.73 Å². The maximum atomic E-state index is 12.5. The van der Waals surface area contributed by atoms with E-state index in [9.17, 15) is 8.42 Å². The Morgan fingerprint density at radius 2 is 2.33 bits per heavy atom. The third-order valence-electron chi connectivity index (χ3n) is 3.32. The molecule has 1 aliphatic rings. The maximum Gasteiger partial charge on any atom is 0.261 e. The van der Waals surface area contributed by atoms with Crippen molar-refractivity contribution in [3.63, 3.8) is 0 Å². The highest BCUT2D eigenvalue weighted by molar-refractivity contribution is 9.10. The zero-order chi connectivity index (χ0) is 13.4. The molecule has 1 aromatic rings. The van der Waals surface area contributed by atoms with Gasteiger partial charge in [0.05, 0.1) is 4.47 Å². The lowest BCUT2D eigenvalue weighted by Crippen LogP contribution is -2.35. The number of sulfonamides is 1. The summed E-state index contributed by atoms with van der Waals surface area (Å²) in [6.07, 6.45) is 2.27. The normalized spacial score (nSPS) is 25.5. The maximum absolute atomic E-state index is 12.5. The zero-order valence-electron chi connectivity index (χ0n) is 10.1. The van der Waals surface area contributed by atoms with Gasteiger partial charge in [-0.25, -0.2) is 13.4 Å². The van der Waals surface area contributed by atoms with Crippen LogP contribution in [0.2, 0.25) is 0 Å². The molecule has 2 rings (SSSR count). The molecule has 0 aromatic carbocycles. The topological polar surface area (TPSA) is 76.3 Å². The van der Waals surface area contributed by atoms with Gasteiger partial charge in [-0.15, -0.1) is 0 Å². The summed E-state index contributed by atoms with van der Waals surface area (Å²) in [5, 5.41) is 0.0753. The SMILES string of the molecule is CC1(CN)CCN(S(=O)(=O)c2ncccc2Br)C1. The Kier molecular flexibility index (Phi) is 3.77. The minimum absolute atomic E-state index is 0.0753. The molecule has 0 saturated carbocycles. The Morgan fingerprint density at radius 3 is 2.89 bits per heavy atom. The van der Waals surface area contributed by atoms with E-state index in [1.807, 2.05) is 6.92 Å². The van der Waals surface area contributed by atoms with Crippen molar-refractivity contribution in [3.05, 3.63) is 22.8 Å². The van der Waals surface area contributed by atoms with Crippen LogP contribution in [0.15, 0.2) is 27.8 Å². The lowest BCUT2D eigenvalue weighted by atomic mass is 9.90. The highest BCUT2D eigenvalue weighted by Gasteiger charge is 2.40. The van der Waals surface area contributed by atoms with Gasteiger partial charge in [0.1, 0.15) is 0 Å². The van der Waals surface area contributed by atoms with Crippen molar-refractivity contribution in [3.8, 4) is 0 Å². The quantitative estimate of drug-likeness (QED) is 0.901. The second kappa shape index (κ2) is 4.88. The summed E-state index contributed by atoms with van der Waals surface area (Å²) in [6.45, 7) is 3.45. The van der Waals surface area contributed by atoms with Crippen LogP contribution in [-0.4, -0.2) is 37.3 Å². The van der Waals surface area contributed by atoms with Gasteiger partial charge < -0.3 is 5.73 Å². The second-order valence-electron chi connectivity index (χ2n) is 4.89. The Bertz CT molecular complexity index is 549. The number of halogens is 1. The fraction of sp³-hybridized carbons (Fsp3) is 0.545. The molecule has 1 saturated heterocycles. The standard InChI is InChI=1S/C11H16BrN3O2S/c1-11(7-13)4-6-15(8-11)18(16,17)10-9(12)3-2-5-14-10/h2-3,5H,4,6-8,13H2,1H3. The number of pyridine rings is 1. The minimum Gasteiger partial charge on any atom is -0.330 e. The molecule has 1 atom stereocenters. The van der Waals surface area contributed by atoms with E-state index in [0.717, 1.165) is 6.42 Å². The molecule has 1 aromatic heterocycles. The third kappa shape index (κ3) is 2.45. The monoisotopic (exact) mass is 333 g/mol. The molecule has 0 radical (unpaired) electrons. The number of rotatable bonds is 3. The van der Waals surface area contributed by atoms with Gasteiger partial charge in [-0.1, -0.05) is 6.92 Å². The van der Waals surface area contributed by atoms with Gasteiger partial charge in [-0.05, 0) is 46.4 Å². The van der Waals surface area contributed by atoms with Gasteiger partial charge in [0.2, 0.25) is 0 Å². The van der Waals surface area contributed by atoms with E-state index in [1.165, 1.54) is 10.5 Å². The molecule has 0 amide bonds. The Hall–Kier alpha value is -0.500. The van der Waals surface area contributed by atoms with Gasteiger partial charge in [0.25, 0.3) is 10.0 Å². The van der Waals surface area contributed by atoms with Crippen LogP contribution in [0.1, 0.15) is 13.3 Å². The fourth-order valence-corrected chi connectivity index (χ4v) is 4.47. The number of nitrogens with two attached hydrogens (primary N) is 1. The van der Waals surface area contributed by atoms with E-state index in [-0.39, 0.29) is 10.4 Å². The van der Waals surface area contributed by atoms with Crippen LogP contribution in [0.5, 0.6) is 0 Å². The van der Waals surface area contributed by atoms with Gasteiger partial charge in [0, 0.05) is 19.3 Å². The fourth-order valence-electron chi connectivity index (χ4n) is 2.03. The summed E-state index contributed by atoms with van der Waals surface area (Å²) in [4.78, 5) is 3.96. The van der Waals surface area contributed by atoms with E-state index in [1.54, 1.807) is 12.1 Å².